The van der Waals surface area contributed by atoms with Gasteiger partial charge in [-0.15, -0.1) is 34.2 Å². The molecule has 1 saturated heterocycles. The van der Waals surface area contributed by atoms with Gasteiger partial charge in [0.25, 0.3) is 0 Å². The van der Waals surface area contributed by atoms with Crippen LogP contribution in [-0.4, -0.2) is 69.8 Å². The summed E-state index contributed by atoms with van der Waals surface area (Å²) in [5, 5.41) is 11.7. The predicted molar refractivity (Wildman–Crippen MR) is 109 cm³/mol. The number of hydrogen-bond donors (Lipinski definition) is 1. The summed E-state index contributed by atoms with van der Waals surface area (Å²) in [4.78, 5) is 9.54. The molecule has 1 aromatic heterocycles. The second kappa shape index (κ2) is 10.2. The van der Waals surface area contributed by atoms with Crippen LogP contribution in [0.2, 0.25) is 0 Å². The molecule has 1 N–H and O–H groups in total. The van der Waals surface area contributed by atoms with Crippen molar-refractivity contribution in [3.05, 3.63) is 11.6 Å². The van der Waals surface area contributed by atoms with Gasteiger partial charge >= 0.3 is 0 Å². The van der Waals surface area contributed by atoms with Gasteiger partial charge in [0.05, 0.1) is 0 Å². The lowest BCUT2D eigenvalue weighted by Crippen LogP contribution is -2.46. The number of aryl methyl sites for hydroxylation is 1. The Balaban J connectivity index is 0.00000288. The first-order chi connectivity index (χ1) is 11.1. The zero-order valence-electron chi connectivity index (χ0n) is 15.6. The Bertz CT molecular complexity index is 528. The highest BCUT2D eigenvalue weighted by Gasteiger charge is 2.24. The SMILES string of the molecule is CCNC(=NCc1nnc(C)n1C)N(C)CC1CCCN1CC.I. The molecule has 1 aliphatic heterocycles. The number of likely N-dealkylation sites (N-methyl/N-ethyl adjacent to an activating group) is 2. The molecule has 0 aromatic carbocycles. The molecule has 8 heteroatoms. The Hall–Kier alpha value is -0.900. The standard InChI is InChI=1S/C16H31N7.HI/c1-6-17-16(18-11-15-20-19-13(3)22(15)5)21(4)12-14-9-8-10-23(14)7-2;/h14H,6-12H2,1-5H3,(H,17,18);1H. The minimum atomic E-state index is 0. The largest absolute Gasteiger partial charge is 0.357 e. The molecular weight excluding hydrogens is 417 g/mol. The minimum Gasteiger partial charge on any atom is -0.357 e. The van der Waals surface area contributed by atoms with Crippen LogP contribution in [0.25, 0.3) is 0 Å². The quantitative estimate of drug-likeness (QED) is 0.407. The smallest absolute Gasteiger partial charge is 0.194 e. The highest BCUT2D eigenvalue weighted by molar-refractivity contribution is 14.0. The van der Waals surface area contributed by atoms with Crippen molar-refractivity contribution in [2.45, 2.75) is 46.2 Å². The Labute approximate surface area is 162 Å². The van der Waals surface area contributed by atoms with Crippen molar-refractivity contribution in [2.75, 3.05) is 33.2 Å². The van der Waals surface area contributed by atoms with E-state index in [4.69, 9.17) is 4.99 Å². The maximum Gasteiger partial charge on any atom is 0.194 e. The van der Waals surface area contributed by atoms with Crippen LogP contribution in [0.5, 0.6) is 0 Å². The van der Waals surface area contributed by atoms with Gasteiger partial charge in [-0.1, -0.05) is 6.92 Å². The molecular formula is C16H32IN7. The fourth-order valence-corrected chi connectivity index (χ4v) is 3.12. The van der Waals surface area contributed by atoms with E-state index in [1.807, 2.05) is 18.5 Å². The lowest BCUT2D eigenvalue weighted by Gasteiger charge is -2.29. The molecule has 0 bridgehead atoms. The number of likely N-dealkylation sites (tertiary alicyclic amines) is 1. The molecule has 0 radical (unpaired) electrons. The van der Waals surface area contributed by atoms with Crippen molar-refractivity contribution in [3.8, 4) is 0 Å². The lowest BCUT2D eigenvalue weighted by molar-refractivity contribution is 0.232. The van der Waals surface area contributed by atoms with Crippen LogP contribution < -0.4 is 5.32 Å². The first kappa shape index (κ1) is 21.1. The molecule has 2 heterocycles. The fourth-order valence-electron chi connectivity index (χ4n) is 3.12. The van der Waals surface area contributed by atoms with E-state index in [-0.39, 0.29) is 24.0 Å². The number of aliphatic imine (C=N–C) groups is 1. The molecule has 0 aliphatic carbocycles. The van der Waals surface area contributed by atoms with Crippen LogP contribution in [0.4, 0.5) is 0 Å². The molecule has 0 saturated carbocycles. The highest BCUT2D eigenvalue weighted by atomic mass is 127. The normalized spacial score (nSPS) is 18.5. The topological polar surface area (TPSA) is 61.6 Å². The Kier molecular flexibility index (Phi) is 8.96. The number of nitrogens with zero attached hydrogens (tertiary/aromatic N) is 6. The zero-order valence-corrected chi connectivity index (χ0v) is 17.9. The van der Waals surface area contributed by atoms with Crippen LogP contribution in [0.3, 0.4) is 0 Å². The minimum absolute atomic E-state index is 0. The molecule has 1 atom stereocenters. The number of aromatic nitrogens is 3. The Morgan fingerprint density at radius 2 is 2.12 bits per heavy atom. The third kappa shape index (κ3) is 5.30. The Morgan fingerprint density at radius 1 is 1.38 bits per heavy atom. The highest BCUT2D eigenvalue weighted by Crippen LogP contribution is 2.17. The third-order valence-electron chi connectivity index (χ3n) is 4.64. The van der Waals surface area contributed by atoms with Crippen LogP contribution >= 0.6 is 24.0 Å². The van der Waals surface area contributed by atoms with Crippen molar-refractivity contribution in [3.63, 3.8) is 0 Å². The molecule has 24 heavy (non-hydrogen) atoms. The van der Waals surface area contributed by atoms with Crippen molar-refractivity contribution in [2.24, 2.45) is 12.0 Å². The van der Waals surface area contributed by atoms with Crippen molar-refractivity contribution < 1.29 is 0 Å². The van der Waals surface area contributed by atoms with E-state index in [0.717, 1.165) is 37.2 Å². The summed E-state index contributed by atoms with van der Waals surface area (Å²) in [6, 6.07) is 0.630. The van der Waals surface area contributed by atoms with E-state index >= 15 is 0 Å². The first-order valence-corrected chi connectivity index (χ1v) is 8.65. The van der Waals surface area contributed by atoms with E-state index in [1.54, 1.807) is 0 Å². The van der Waals surface area contributed by atoms with E-state index in [1.165, 1.54) is 19.4 Å². The Morgan fingerprint density at radius 3 is 2.71 bits per heavy atom. The molecule has 1 fully saturated rings. The van der Waals surface area contributed by atoms with Crippen LogP contribution in [0, 0.1) is 6.92 Å². The van der Waals surface area contributed by atoms with Gasteiger partial charge in [0.15, 0.2) is 11.8 Å². The second-order valence-electron chi connectivity index (χ2n) is 6.20. The van der Waals surface area contributed by atoms with Gasteiger partial charge in [-0.2, -0.15) is 0 Å². The number of guanidine groups is 1. The van der Waals surface area contributed by atoms with Crippen molar-refractivity contribution in [1.29, 1.82) is 0 Å². The number of rotatable bonds is 6. The fraction of sp³-hybridized carbons (Fsp3) is 0.812. The van der Waals surface area contributed by atoms with Gasteiger partial charge in [-0.05, 0) is 39.8 Å². The van der Waals surface area contributed by atoms with Crippen LogP contribution in [0.1, 0.15) is 38.3 Å². The second-order valence-corrected chi connectivity index (χ2v) is 6.20. The molecule has 7 nitrogen and oxygen atoms in total. The van der Waals surface area contributed by atoms with Gasteiger partial charge < -0.3 is 14.8 Å². The summed E-state index contributed by atoms with van der Waals surface area (Å²) in [5.74, 6) is 2.75. The van der Waals surface area contributed by atoms with Crippen LogP contribution in [-0.2, 0) is 13.6 Å². The molecule has 1 aliphatic rings. The molecule has 0 amide bonds. The average molecular weight is 449 g/mol. The van der Waals surface area contributed by atoms with Crippen molar-refractivity contribution >= 4 is 29.9 Å². The predicted octanol–water partition coefficient (Wildman–Crippen LogP) is 1.62. The van der Waals surface area contributed by atoms with Gasteiger partial charge in [-0.3, -0.25) is 4.90 Å². The maximum absolute atomic E-state index is 4.74. The van der Waals surface area contributed by atoms with Gasteiger partial charge in [0.1, 0.15) is 12.4 Å². The number of halogens is 1. The number of nitrogens with one attached hydrogen (secondary N) is 1. The number of hydrogen-bond acceptors (Lipinski definition) is 4. The molecule has 1 aromatic rings. The van der Waals surface area contributed by atoms with Gasteiger partial charge in [0, 0.05) is 33.2 Å². The first-order valence-electron chi connectivity index (χ1n) is 8.65. The van der Waals surface area contributed by atoms with E-state index in [2.05, 4.69) is 46.2 Å². The van der Waals surface area contributed by atoms with E-state index in [0.29, 0.717) is 12.6 Å². The summed E-state index contributed by atoms with van der Waals surface area (Å²) in [6.07, 6.45) is 2.58. The molecule has 2 rings (SSSR count). The summed E-state index contributed by atoms with van der Waals surface area (Å²) < 4.78 is 1.99. The van der Waals surface area contributed by atoms with Gasteiger partial charge in [0.2, 0.25) is 0 Å². The molecule has 138 valence electrons. The summed E-state index contributed by atoms with van der Waals surface area (Å²) in [7, 11) is 4.10. The van der Waals surface area contributed by atoms with E-state index < -0.39 is 0 Å². The van der Waals surface area contributed by atoms with Crippen molar-refractivity contribution in [1.82, 2.24) is 29.9 Å². The maximum atomic E-state index is 4.74. The lowest BCUT2D eigenvalue weighted by atomic mass is 10.2. The van der Waals surface area contributed by atoms with Crippen LogP contribution in [0.15, 0.2) is 4.99 Å². The summed E-state index contributed by atoms with van der Waals surface area (Å²) in [6.45, 7) is 11.1. The third-order valence-corrected chi connectivity index (χ3v) is 4.64. The summed E-state index contributed by atoms with van der Waals surface area (Å²) >= 11 is 0. The monoisotopic (exact) mass is 449 g/mol. The van der Waals surface area contributed by atoms with Gasteiger partial charge in [-0.25, -0.2) is 4.99 Å². The average Bonchev–Trinajstić information content (AvgIpc) is 3.11. The van der Waals surface area contributed by atoms with E-state index in [9.17, 15) is 0 Å². The molecule has 1 unspecified atom stereocenters. The summed E-state index contributed by atoms with van der Waals surface area (Å²) in [5.41, 5.74) is 0. The molecule has 0 spiro atoms. The zero-order chi connectivity index (χ0) is 16.8.